The fourth-order valence-corrected chi connectivity index (χ4v) is 3.10. The molecule has 1 aromatic carbocycles. The molecule has 3 rings (SSSR count). The number of hydrogen-bond acceptors (Lipinski definition) is 7. The lowest BCUT2D eigenvalue weighted by Gasteiger charge is -2.07. The maximum Gasteiger partial charge on any atom is 0.191 e. The molecule has 25 heavy (non-hydrogen) atoms. The zero-order valence-electron chi connectivity index (χ0n) is 14.1. The van der Waals surface area contributed by atoms with Crippen LogP contribution in [0.5, 0.6) is 0 Å². The third-order valence-electron chi connectivity index (χ3n) is 3.59. The lowest BCUT2D eigenvalue weighted by Crippen LogP contribution is -2.09. The number of rotatable bonds is 9. The number of methoxy groups -OCH3 is 1. The van der Waals surface area contributed by atoms with Gasteiger partial charge in [0.15, 0.2) is 16.6 Å². The highest BCUT2D eigenvalue weighted by Gasteiger charge is 2.11. The minimum absolute atomic E-state index is 0.402. The van der Waals surface area contributed by atoms with Crippen molar-refractivity contribution in [2.45, 2.75) is 17.5 Å². The first kappa shape index (κ1) is 17.7. The normalized spacial score (nSPS) is 11.2. The van der Waals surface area contributed by atoms with Crippen LogP contribution < -0.4 is 5.73 Å². The van der Waals surface area contributed by atoms with E-state index in [0.717, 1.165) is 11.4 Å². The van der Waals surface area contributed by atoms with Crippen molar-refractivity contribution in [3.05, 3.63) is 42.2 Å². The number of nitrogens with zero attached hydrogens (tertiary/aromatic N) is 4. The molecular formula is C17H21N5O2S. The summed E-state index contributed by atoms with van der Waals surface area (Å²) >= 11 is 1.56. The molecule has 132 valence electrons. The highest BCUT2D eigenvalue weighted by atomic mass is 32.2. The largest absolute Gasteiger partial charge is 0.382 e. The molecule has 0 fully saturated rings. The Balaban J connectivity index is 1.69. The summed E-state index contributed by atoms with van der Waals surface area (Å²) < 4.78 is 12.4. The SMILES string of the molecule is COCCOCCn1cnc2c(N)nc(SCc3ccccc3)nc21. The predicted molar refractivity (Wildman–Crippen MR) is 98.4 cm³/mol. The Morgan fingerprint density at radius 2 is 1.96 bits per heavy atom. The van der Waals surface area contributed by atoms with Gasteiger partial charge in [-0.05, 0) is 5.56 Å². The number of imidazole rings is 1. The van der Waals surface area contributed by atoms with Gasteiger partial charge in [0.1, 0.15) is 5.52 Å². The molecule has 0 unspecified atom stereocenters. The second kappa shape index (κ2) is 8.80. The summed E-state index contributed by atoms with van der Waals surface area (Å²) in [6.07, 6.45) is 1.72. The van der Waals surface area contributed by atoms with Gasteiger partial charge < -0.3 is 19.8 Å². The first-order valence-corrected chi connectivity index (χ1v) is 8.98. The van der Waals surface area contributed by atoms with E-state index < -0.39 is 0 Å². The van der Waals surface area contributed by atoms with Crippen molar-refractivity contribution < 1.29 is 9.47 Å². The van der Waals surface area contributed by atoms with Crippen LogP contribution in [0.15, 0.2) is 41.8 Å². The summed E-state index contributed by atoms with van der Waals surface area (Å²) in [4.78, 5) is 13.3. The molecule has 8 heteroatoms. The predicted octanol–water partition coefficient (Wildman–Crippen LogP) is 2.36. The van der Waals surface area contributed by atoms with E-state index in [0.29, 0.717) is 42.9 Å². The fraction of sp³-hybridized carbons (Fsp3) is 0.353. The molecule has 0 atom stereocenters. The first-order chi connectivity index (χ1) is 12.3. The number of nitrogen functional groups attached to an aromatic ring is 1. The van der Waals surface area contributed by atoms with E-state index >= 15 is 0 Å². The first-order valence-electron chi connectivity index (χ1n) is 7.99. The third-order valence-corrected chi connectivity index (χ3v) is 4.51. The van der Waals surface area contributed by atoms with E-state index in [1.807, 2.05) is 22.8 Å². The quantitative estimate of drug-likeness (QED) is 0.356. The van der Waals surface area contributed by atoms with Gasteiger partial charge in [0, 0.05) is 19.4 Å². The Labute approximate surface area is 150 Å². The second-order valence-corrected chi connectivity index (χ2v) is 6.32. The molecule has 2 N–H and O–H groups in total. The number of benzene rings is 1. The van der Waals surface area contributed by atoms with Crippen LogP contribution in [0.4, 0.5) is 5.82 Å². The molecule has 0 saturated carbocycles. The summed E-state index contributed by atoms with van der Waals surface area (Å²) in [5.41, 5.74) is 8.62. The molecule has 3 aromatic rings. The lowest BCUT2D eigenvalue weighted by atomic mass is 10.2. The molecule has 0 spiro atoms. The van der Waals surface area contributed by atoms with Gasteiger partial charge in [-0.1, -0.05) is 42.1 Å². The Kier molecular flexibility index (Phi) is 6.21. The minimum atomic E-state index is 0.402. The van der Waals surface area contributed by atoms with E-state index in [2.05, 4.69) is 27.1 Å². The van der Waals surface area contributed by atoms with Crippen molar-refractivity contribution in [3.8, 4) is 0 Å². The smallest absolute Gasteiger partial charge is 0.191 e. The molecule has 0 aliphatic carbocycles. The molecular weight excluding hydrogens is 338 g/mol. The average Bonchev–Trinajstić information content (AvgIpc) is 3.04. The lowest BCUT2D eigenvalue weighted by molar-refractivity contribution is 0.0669. The van der Waals surface area contributed by atoms with Crippen molar-refractivity contribution in [3.63, 3.8) is 0 Å². The van der Waals surface area contributed by atoms with Crippen molar-refractivity contribution >= 4 is 28.7 Å². The Morgan fingerprint density at radius 1 is 1.12 bits per heavy atom. The van der Waals surface area contributed by atoms with Crippen molar-refractivity contribution in [1.29, 1.82) is 0 Å². The van der Waals surface area contributed by atoms with Gasteiger partial charge in [0.05, 0.1) is 26.1 Å². The maximum absolute atomic E-state index is 6.05. The van der Waals surface area contributed by atoms with Crippen molar-refractivity contribution in [2.75, 3.05) is 32.7 Å². The van der Waals surface area contributed by atoms with E-state index in [1.165, 1.54) is 5.56 Å². The van der Waals surface area contributed by atoms with Gasteiger partial charge in [-0.2, -0.15) is 0 Å². The maximum atomic E-state index is 6.05. The number of aromatic nitrogens is 4. The Bertz CT molecular complexity index is 809. The number of thioether (sulfide) groups is 1. The van der Waals surface area contributed by atoms with Crippen molar-refractivity contribution in [2.24, 2.45) is 0 Å². The molecule has 7 nitrogen and oxygen atoms in total. The topological polar surface area (TPSA) is 88.1 Å². The molecule has 0 saturated heterocycles. The molecule has 0 aliphatic heterocycles. The zero-order chi connectivity index (χ0) is 17.5. The summed E-state index contributed by atoms with van der Waals surface area (Å²) in [5.74, 6) is 1.19. The summed E-state index contributed by atoms with van der Waals surface area (Å²) in [5, 5.41) is 0.649. The molecule has 0 radical (unpaired) electrons. The van der Waals surface area contributed by atoms with E-state index in [-0.39, 0.29) is 0 Å². The molecule has 0 bridgehead atoms. The van der Waals surface area contributed by atoms with Crippen LogP contribution in [0.1, 0.15) is 5.56 Å². The van der Waals surface area contributed by atoms with Crippen LogP contribution in [-0.4, -0.2) is 46.4 Å². The number of hydrogen-bond donors (Lipinski definition) is 1. The van der Waals surface area contributed by atoms with E-state index in [1.54, 1.807) is 25.2 Å². The number of ether oxygens (including phenoxy) is 2. The highest BCUT2D eigenvalue weighted by Crippen LogP contribution is 2.24. The van der Waals surface area contributed by atoms with Crippen LogP contribution in [-0.2, 0) is 21.8 Å². The van der Waals surface area contributed by atoms with Crippen LogP contribution in [0.25, 0.3) is 11.2 Å². The molecule has 0 aliphatic rings. The van der Waals surface area contributed by atoms with Gasteiger partial charge in [0.2, 0.25) is 0 Å². The summed E-state index contributed by atoms with van der Waals surface area (Å²) in [6.45, 7) is 2.36. The molecule has 2 heterocycles. The number of fused-ring (bicyclic) bond motifs is 1. The van der Waals surface area contributed by atoms with Crippen LogP contribution in [0, 0.1) is 0 Å². The zero-order valence-corrected chi connectivity index (χ0v) is 14.9. The van der Waals surface area contributed by atoms with Crippen LogP contribution in [0.2, 0.25) is 0 Å². The van der Waals surface area contributed by atoms with E-state index in [4.69, 9.17) is 15.2 Å². The van der Waals surface area contributed by atoms with Crippen LogP contribution >= 0.6 is 11.8 Å². The Hall–Kier alpha value is -2.16. The number of anilines is 1. The van der Waals surface area contributed by atoms with Crippen LogP contribution in [0.3, 0.4) is 0 Å². The summed E-state index contributed by atoms with van der Waals surface area (Å²) in [6, 6.07) is 10.2. The Morgan fingerprint density at radius 3 is 2.76 bits per heavy atom. The molecule has 0 amide bonds. The standard InChI is InChI=1S/C17H21N5O2S/c1-23-9-10-24-8-7-22-12-19-14-15(18)20-17(21-16(14)22)25-11-13-5-3-2-4-6-13/h2-6,12H,7-11H2,1H3,(H2,18,20,21). The van der Waals surface area contributed by atoms with Gasteiger partial charge in [0.25, 0.3) is 0 Å². The van der Waals surface area contributed by atoms with Gasteiger partial charge >= 0.3 is 0 Å². The van der Waals surface area contributed by atoms with E-state index in [9.17, 15) is 0 Å². The van der Waals surface area contributed by atoms with Gasteiger partial charge in [-0.3, -0.25) is 0 Å². The average molecular weight is 359 g/mol. The molecule has 2 aromatic heterocycles. The monoisotopic (exact) mass is 359 g/mol. The van der Waals surface area contributed by atoms with Gasteiger partial charge in [-0.25, -0.2) is 15.0 Å². The highest BCUT2D eigenvalue weighted by molar-refractivity contribution is 7.98. The minimum Gasteiger partial charge on any atom is -0.382 e. The number of nitrogens with two attached hydrogens (primary N) is 1. The fourth-order valence-electron chi connectivity index (χ4n) is 2.30. The summed E-state index contributed by atoms with van der Waals surface area (Å²) in [7, 11) is 1.65. The van der Waals surface area contributed by atoms with Crippen molar-refractivity contribution in [1.82, 2.24) is 19.5 Å². The van der Waals surface area contributed by atoms with Gasteiger partial charge in [-0.15, -0.1) is 0 Å². The third kappa shape index (κ3) is 4.68. The second-order valence-electron chi connectivity index (χ2n) is 5.38.